The Balaban J connectivity index is 2.84. The van der Waals surface area contributed by atoms with Gasteiger partial charge >= 0.3 is 0 Å². The largest absolute Gasteiger partial charge is 0.242 e. The average Bonchev–Trinajstić information content (AvgIpc) is 2.14. The van der Waals surface area contributed by atoms with Gasteiger partial charge < -0.3 is 0 Å². The SMILES string of the molecule is CSc1cc[n+](C)o1. The van der Waals surface area contributed by atoms with E-state index in [4.69, 9.17) is 4.52 Å². The van der Waals surface area contributed by atoms with Gasteiger partial charge in [0.25, 0.3) is 0 Å². The minimum atomic E-state index is 0.951. The summed E-state index contributed by atoms with van der Waals surface area (Å²) >= 11 is 1.60. The van der Waals surface area contributed by atoms with E-state index in [9.17, 15) is 0 Å². The molecule has 0 bridgehead atoms. The lowest BCUT2D eigenvalue weighted by Gasteiger charge is -1.75. The van der Waals surface area contributed by atoms with E-state index in [2.05, 4.69) is 0 Å². The van der Waals surface area contributed by atoms with Crippen molar-refractivity contribution in [3.05, 3.63) is 12.3 Å². The first-order valence-corrected chi connectivity index (χ1v) is 3.55. The summed E-state index contributed by atoms with van der Waals surface area (Å²) < 4.78 is 6.78. The first-order valence-electron chi connectivity index (χ1n) is 2.33. The van der Waals surface area contributed by atoms with Gasteiger partial charge in [0.2, 0.25) is 11.3 Å². The highest BCUT2D eigenvalue weighted by Gasteiger charge is 1.99. The van der Waals surface area contributed by atoms with Gasteiger partial charge in [0.15, 0.2) is 7.05 Å². The number of hydrogen-bond donors (Lipinski definition) is 0. The molecule has 1 rings (SSSR count). The van der Waals surface area contributed by atoms with E-state index in [-0.39, 0.29) is 0 Å². The van der Waals surface area contributed by atoms with Crippen molar-refractivity contribution in [2.45, 2.75) is 5.09 Å². The molecule has 0 fully saturated rings. The number of rotatable bonds is 1. The topological polar surface area (TPSA) is 17.0 Å². The van der Waals surface area contributed by atoms with Crippen LogP contribution in [-0.2, 0) is 7.05 Å². The van der Waals surface area contributed by atoms with Crippen molar-refractivity contribution in [2.24, 2.45) is 7.05 Å². The van der Waals surface area contributed by atoms with Crippen molar-refractivity contribution in [2.75, 3.05) is 6.26 Å². The highest BCUT2D eigenvalue weighted by atomic mass is 32.2. The maximum atomic E-state index is 5.11. The average molecular weight is 130 g/mol. The molecule has 0 amide bonds. The van der Waals surface area contributed by atoms with Gasteiger partial charge in [0.05, 0.1) is 6.07 Å². The van der Waals surface area contributed by atoms with Crippen molar-refractivity contribution >= 4 is 11.8 Å². The predicted octanol–water partition coefficient (Wildman–Crippen LogP) is 0.826. The van der Waals surface area contributed by atoms with Crippen LogP contribution in [0.5, 0.6) is 0 Å². The fraction of sp³-hybridized carbons (Fsp3) is 0.400. The molecule has 0 aromatic carbocycles. The summed E-state index contributed by atoms with van der Waals surface area (Å²) in [5.74, 6) is 0. The number of nitrogens with zero attached hydrogens (tertiary/aromatic N) is 1. The van der Waals surface area contributed by atoms with E-state index in [0.717, 1.165) is 5.09 Å². The van der Waals surface area contributed by atoms with E-state index in [1.54, 1.807) is 16.5 Å². The molecule has 0 N–H and O–H groups in total. The van der Waals surface area contributed by atoms with Gasteiger partial charge in [-0.2, -0.15) is 0 Å². The summed E-state index contributed by atoms with van der Waals surface area (Å²) in [4.78, 5) is 0. The zero-order valence-electron chi connectivity index (χ0n) is 4.92. The lowest BCUT2D eigenvalue weighted by atomic mass is 10.8. The quantitative estimate of drug-likeness (QED) is 0.413. The Morgan fingerprint density at radius 1 is 1.75 bits per heavy atom. The summed E-state index contributed by atoms with van der Waals surface area (Å²) in [6.45, 7) is 0. The molecule has 3 heteroatoms. The van der Waals surface area contributed by atoms with Gasteiger partial charge in [0, 0.05) is 0 Å². The molecule has 0 saturated carbocycles. The molecule has 0 aliphatic carbocycles. The lowest BCUT2D eigenvalue weighted by Crippen LogP contribution is -2.22. The molecule has 0 unspecified atom stereocenters. The molecule has 0 aliphatic heterocycles. The molecule has 44 valence electrons. The van der Waals surface area contributed by atoms with Gasteiger partial charge in [0.1, 0.15) is 0 Å². The maximum absolute atomic E-state index is 5.11. The fourth-order valence-corrected chi connectivity index (χ4v) is 0.863. The van der Waals surface area contributed by atoms with Crippen LogP contribution in [0.4, 0.5) is 0 Å². The number of aryl methyl sites for hydroxylation is 1. The first kappa shape index (κ1) is 5.69. The van der Waals surface area contributed by atoms with Crippen LogP contribution in [0.1, 0.15) is 0 Å². The van der Waals surface area contributed by atoms with Gasteiger partial charge in [-0.1, -0.05) is 11.8 Å². The molecule has 1 aromatic rings. The van der Waals surface area contributed by atoms with Gasteiger partial charge in [-0.25, -0.2) is 4.52 Å². The Morgan fingerprint density at radius 2 is 2.50 bits per heavy atom. The van der Waals surface area contributed by atoms with Crippen molar-refractivity contribution in [3.8, 4) is 0 Å². The Kier molecular flexibility index (Phi) is 1.58. The Labute approximate surface area is 52.5 Å². The van der Waals surface area contributed by atoms with Crippen LogP contribution in [0, 0.1) is 0 Å². The van der Waals surface area contributed by atoms with Crippen LogP contribution >= 0.6 is 11.8 Å². The Bertz CT molecular complexity index is 173. The predicted molar refractivity (Wildman–Crippen MR) is 31.7 cm³/mol. The summed E-state index contributed by atoms with van der Waals surface area (Å²) in [7, 11) is 1.86. The van der Waals surface area contributed by atoms with Crippen LogP contribution in [0.15, 0.2) is 21.9 Å². The van der Waals surface area contributed by atoms with E-state index in [1.807, 2.05) is 25.6 Å². The summed E-state index contributed by atoms with van der Waals surface area (Å²) in [5, 5.41) is 0.951. The van der Waals surface area contributed by atoms with E-state index >= 15 is 0 Å². The van der Waals surface area contributed by atoms with Crippen LogP contribution in [0.25, 0.3) is 0 Å². The molecular formula is C5H8NOS+. The van der Waals surface area contributed by atoms with E-state index in [1.165, 1.54) is 0 Å². The normalized spacial score (nSPS) is 9.75. The molecule has 0 aliphatic rings. The molecule has 0 atom stereocenters. The smallest absolute Gasteiger partial charge is 0.230 e. The van der Waals surface area contributed by atoms with E-state index in [0.29, 0.717) is 0 Å². The molecule has 0 radical (unpaired) electrons. The zero-order chi connectivity index (χ0) is 5.98. The standard InChI is InChI=1S/C5H8NOS/c1-6-4-3-5(7-6)8-2/h3-4H,1-2H3/q+1. The maximum Gasteiger partial charge on any atom is 0.242 e. The highest BCUT2D eigenvalue weighted by Crippen LogP contribution is 2.09. The van der Waals surface area contributed by atoms with Crippen molar-refractivity contribution in [1.29, 1.82) is 0 Å². The lowest BCUT2D eigenvalue weighted by molar-refractivity contribution is -0.850. The van der Waals surface area contributed by atoms with Gasteiger partial charge in [-0.05, 0) is 11.0 Å². The van der Waals surface area contributed by atoms with Crippen molar-refractivity contribution < 1.29 is 9.26 Å². The summed E-state index contributed by atoms with van der Waals surface area (Å²) in [6.07, 6.45) is 3.87. The number of thioether (sulfide) groups is 1. The zero-order valence-corrected chi connectivity index (χ0v) is 5.73. The van der Waals surface area contributed by atoms with Crippen LogP contribution in [0.2, 0.25) is 0 Å². The van der Waals surface area contributed by atoms with Crippen LogP contribution in [-0.4, -0.2) is 6.26 Å². The van der Waals surface area contributed by atoms with Crippen molar-refractivity contribution in [1.82, 2.24) is 0 Å². The third kappa shape index (κ3) is 1.04. The molecule has 2 nitrogen and oxygen atoms in total. The second kappa shape index (κ2) is 2.22. The molecule has 0 saturated heterocycles. The number of aromatic nitrogens is 1. The number of hydrogen-bond acceptors (Lipinski definition) is 2. The van der Waals surface area contributed by atoms with Gasteiger partial charge in [-0.3, -0.25) is 0 Å². The Morgan fingerprint density at radius 3 is 2.75 bits per heavy atom. The van der Waals surface area contributed by atoms with Gasteiger partial charge in [-0.15, -0.1) is 0 Å². The monoisotopic (exact) mass is 130 g/mol. The van der Waals surface area contributed by atoms with Crippen LogP contribution in [0.3, 0.4) is 0 Å². The molecule has 0 spiro atoms. The second-order valence-electron chi connectivity index (χ2n) is 1.48. The van der Waals surface area contributed by atoms with Crippen LogP contribution < -0.4 is 4.74 Å². The minimum Gasteiger partial charge on any atom is -0.230 e. The third-order valence-electron chi connectivity index (χ3n) is 0.856. The third-order valence-corrected chi connectivity index (χ3v) is 1.47. The van der Waals surface area contributed by atoms with Crippen molar-refractivity contribution in [3.63, 3.8) is 0 Å². The molecule has 1 heterocycles. The molecular weight excluding hydrogens is 122 g/mol. The second-order valence-corrected chi connectivity index (χ2v) is 2.29. The highest BCUT2D eigenvalue weighted by molar-refractivity contribution is 7.98. The summed E-state index contributed by atoms with van der Waals surface area (Å²) in [6, 6.07) is 1.94. The first-order chi connectivity index (χ1) is 3.83. The minimum absolute atomic E-state index is 0.951. The Hall–Kier alpha value is -0.440. The fourth-order valence-electron chi connectivity index (χ4n) is 0.474. The molecule has 1 aromatic heterocycles. The molecule has 8 heavy (non-hydrogen) atoms. The summed E-state index contributed by atoms with van der Waals surface area (Å²) in [5.41, 5.74) is 0. The van der Waals surface area contributed by atoms with E-state index < -0.39 is 0 Å².